The molecule has 0 radical (unpaired) electrons. The predicted molar refractivity (Wildman–Crippen MR) is 55.8 cm³/mol. The summed E-state index contributed by atoms with van der Waals surface area (Å²) >= 11 is 0. The van der Waals surface area contributed by atoms with E-state index in [1.807, 2.05) is 24.3 Å². The van der Waals surface area contributed by atoms with Gasteiger partial charge in [-0.25, -0.2) is 0 Å². The van der Waals surface area contributed by atoms with Crippen molar-refractivity contribution >= 4 is 5.97 Å². The Bertz CT molecular complexity index is 360. The molecular formula is C12H14O3. The van der Waals surface area contributed by atoms with Gasteiger partial charge in [-0.1, -0.05) is 12.1 Å². The molecule has 2 rings (SSSR count). The minimum absolute atomic E-state index is 0.0251. The molecule has 80 valence electrons. The van der Waals surface area contributed by atoms with Crippen LogP contribution in [0.5, 0.6) is 5.75 Å². The molecule has 1 aromatic rings. The minimum Gasteiger partial charge on any atom is -0.497 e. The van der Waals surface area contributed by atoms with Crippen molar-refractivity contribution in [3.63, 3.8) is 0 Å². The van der Waals surface area contributed by atoms with Crippen LogP contribution in [0.2, 0.25) is 0 Å². The molecule has 0 aromatic heterocycles. The van der Waals surface area contributed by atoms with Gasteiger partial charge in [0.1, 0.15) is 5.75 Å². The molecule has 1 aliphatic rings. The molecule has 1 aromatic carbocycles. The smallest absolute Gasteiger partial charge is 0.309 e. The first-order valence-corrected chi connectivity index (χ1v) is 5.09. The van der Waals surface area contributed by atoms with Crippen LogP contribution in [0.3, 0.4) is 0 Å². The van der Waals surface area contributed by atoms with E-state index in [1.54, 1.807) is 7.11 Å². The van der Waals surface area contributed by atoms with E-state index in [1.165, 1.54) is 0 Å². The second-order valence-electron chi connectivity index (χ2n) is 3.71. The maximum absolute atomic E-state index is 11.3. The number of hydrogen-bond donors (Lipinski definition) is 0. The van der Waals surface area contributed by atoms with Gasteiger partial charge in [0.25, 0.3) is 0 Å². The van der Waals surface area contributed by atoms with Crippen molar-refractivity contribution in [1.29, 1.82) is 0 Å². The number of ether oxygens (including phenoxy) is 2. The standard InChI is InChI=1S/C12H14O3/c1-14-11-4-2-3-9(8-11)7-10-5-6-15-12(10)13/h2-4,8,10H,5-7H2,1H3/t10-/m1/s1. The van der Waals surface area contributed by atoms with Crippen molar-refractivity contribution < 1.29 is 14.3 Å². The van der Waals surface area contributed by atoms with Gasteiger partial charge in [0.2, 0.25) is 0 Å². The first-order valence-electron chi connectivity index (χ1n) is 5.09. The Balaban J connectivity index is 2.06. The van der Waals surface area contributed by atoms with Gasteiger partial charge in [-0.15, -0.1) is 0 Å². The number of carbonyl (C=O) groups is 1. The van der Waals surface area contributed by atoms with Crippen LogP contribution in [0.1, 0.15) is 12.0 Å². The molecule has 1 atom stereocenters. The number of carbonyl (C=O) groups excluding carboxylic acids is 1. The lowest BCUT2D eigenvalue weighted by Crippen LogP contribution is -2.10. The number of benzene rings is 1. The van der Waals surface area contributed by atoms with E-state index >= 15 is 0 Å². The Morgan fingerprint density at radius 1 is 1.53 bits per heavy atom. The zero-order chi connectivity index (χ0) is 10.7. The van der Waals surface area contributed by atoms with Crippen LogP contribution >= 0.6 is 0 Å². The van der Waals surface area contributed by atoms with Crippen LogP contribution in [-0.2, 0) is 16.0 Å². The molecule has 0 unspecified atom stereocenters. The van der Waals surface area contributed by atoms with Crippen LogP contribution in [0.25, 0.3) is 0 Å². The molecular weight excluding hydrogens is 192 g/mol. The molecule has 0 N–H and O–H groups in total. The van der Waals surface area contributed by atoms with Gasteiger partial charge in [0, 0.05) is 0 Å². The Morgan fingerprint density at radius 3 is 3.07 bits per heavy atom. The normalized spacial score (nSPS) is 20.1. The zero-order valence-electron chi connectivity index (χ0n) is 8.73. The number of esters is 1. The third-order valence-electron chi connectivity index (χ3n) is 2.66. The molecule has 1 saturated heterocycles. The molecule has 3 heteroatoms. The predicted octanol–water partition coefficient (Wildman–Crippen LogP) is 1.80. The Hall–Kier alpha value is -1.51. The van der Waals surface area contributed by atoms with E-state index in [0.29, 0.717) is 6.61 Å². The summed E-state index contributed by atoms with van der Waals surface area (Å²) in [5, 5.41) is 0. The highest BCUT2D eigenvalue weighted by molar-refractivity contribution is 5.74. The van der Waals surface area contributed by atoms with Crippen LogP contribution in [0.4, 0.5) is 0 Å². The monoisotopic (exact) mass is 206 g/mol. The fraction of sp³-hybridized carbons (Fsp3) is 0.417. The summed E-state index contributed by atoms with van der Waals surface area (Å²) in [6.45, 7) is 0.563. The Kier molecular flexibility index (Phi) is 2.90. The summed E-state index contributed by atoms with van der Waals surface area (Å²) in [5.74, 6) is 0.786. The summed E-state index contributed by atoms with van der Waals surface area (Å²) < 4.78 is 10.1. The third-order valence-corrected chi connectivity index (χ3v) is 2.66. The van der Waals surface area contributed by atoms with E-state index in [2.05, 4.69) is 0 Å². The number of hydrogen-bond acceptors (Lipinski definition) is 3. The van der Waals surface area contributed by atoms with Gasteiger partial charge in [0.05, 0.1) is 19.6 Å². The number of methoxy groups -OCH3 is 1. The quantitative estimate of drug-likeness (QED) is 0.707. The first-order chi connectivity index (χ1) is 7.29. The highest BCUT2D eigenvalue weighted by Crippen LogP contribution is 2.21. The summed E-state index contributed by atoms with van der Waals surface area (Å²) in [4.78, 5) is 11.3. The molecule has 0 spiro atoms. The van der Waals surface area contributed by atoms with Crippen LogP contribution in [0, 0.1) is 5.92 Å². The van der Waals surface area contributed by atoms with Crippen LogP contribution in [0.15, 0.2) is 24.3 Å². The van der Waals surface area contributed by atoms with Crippen LogP contribution in [-0.4, -0.2) is 19.7 Å². The van der Waals surface area contributed by atoms with E-state index in [0.717, 1.165) is 24.2 Å². The van der Waals surface area contributed by atoms with E-state index in [9.17, 15) is 4.79 Å². The fourth-order valence-electron chi connectivity index (χ4n) is 1.81. The highest BCUT2D eigenvalue weighted by Gasteiger charge is 2.26. The van der Waals surface area contributed by atoms with Crippen molar-refractivity contribution in [3.05, 3.63) is 29.8 Å². The first kappa shape index (κ1) is 10.0. The maximum Gasteiger partial charge on any atom is 0.309 e. The van der Waals surface area contributed by atoms with E-state index in [-0.39, 0.29) is 11.9 Å². The van der Waals surface area contributed by atoms with Crippen molar-refractivity contribution in [2.24, 2.45) is 5.92 Å². The van der Waals surface area contributed by atoms with Gasteiger partial charge in [-0.2, -0.15) is 0 Å². The van der Waals surface area contributed by atoms with Gasteiger partial charge < -0.3 is 9.47 Å². The third kappa shape index (κ3) is 2.29. The molecule has 1 heterocycles. The molecule has 0 bridgehead atoms. The SMILES string of the molecule is COc1cccc(C[C@H]2CCOC2=O)c1. The average molecular weight is 206 g/mol. The lowest BCUT2D eigenvalue weighted by atomic mass is 9.98. The summed E-state index contributed by atoms with van der Waals surface area (Å²) in [5.41, 5.74) is 1.12. The van der Waals surface area contributed by atoms with Gasteiger partial charge in [0.15, 0.2) is 0 Å². The lowest BCUT2D eigenvalue weighted by molar-refractivity contribution is -0.141. The largest absolute Gasteiger partial charge is 0.497 e. The van der Waals surface area contributed by atoms with Gasteiger partial charge in [-0.3, -0.25) is 4.79 Å². The van der Waals surface area contributed by atoms with E-state index < -0.39 is 0 Å². The van der Waals surface area contributed by atoms with Gasteiger partial charge in [-0.05, 0) is 30.5 Å². The van der Waals surface area contributed by atoms with E-state index in [4.69, 9.17) is 9.47 Å². The summed E-state index contributed by atoms with van der Waals surface area (Å²) in [6.07, 6.45) is 1.58. The second-order valence-corrected chi connectivity index (χ2v) is 3.71. The second kappa shape index (κ2) is 4.34. The zero-order valence-corrected chi connectivity index (χ0v) is 8.73. The molecule has 1 fully saturated rings. The lowest BCUT2D eigenvalue weighted by Gasteiger charge is -2.07. The molecule has 3 nitrogen and oxygen atoms in total. The Labute approximate surface area is 89.0 Å². The summed E-state index contributed by atoms with van der Waals surface area (Å²) in [6, 6.07) is 7.81. The average Bonchev–Trinajstić information content (AvgIpc) is 2.65. The molecule has 0 saturated carbocycles. The van der Waals surface area contributed by atoms with Crippen molar-refractivity contribution in [3.8, 4) is 5.75 Å². The van der Waals surface area contributed by atoms with Crippen molar-refractivity contribution in [2.75, 3.05) is 13.7 Å². The minimum atomic E-state index is -0.0715. The molecule has 15 heavy (non-hydrogen) atoms. The maximum atomic E-state index is 11.3. The molecule has 0 aliphatic carbocycles. The molecule has 0 amide bonds. The van der Waals surface area contributed by atoms with Crippen LogP contribution < -0.4 is 4.74 Å². The topological polar surface area (TPSA) is 35.5 Å². The number of rotatable bonds is 3. The van der Waals surface area contributed by atoms with Gasteiger partial charge >= 0.3 is 5.97 Å². The summed E-state index contributed by atoms with van der Waals surface area (Å²) in [7, 11) is 1.64. The molecule has 1 aliphatic heterocycles. The van der Waals surface area contributed by atoms with Crippen molar-refractivity contribution in [1.82, 2.24) is 0 Å². The number of cyclic esters (lactones) is 1. The van der Waals surface area contributed by atoms with Crippen molar-refractivity contribution in [2.45, 2.75) is 12.8 Å². The Morgan fingerprint density at radius 2 is 2.40 bits per heavy atom. The highest BCUT2D eigenvalue weighted by atomic mass is 16.5. The fourth-order valence-corrected chi connectivity index (χ4v) is 1.81.